The van der Waals surface area contributed by atoms with E-state index < -0.39 is 0 Å². The van der Waals surface area contributed by atoms with E-state index in [0.717, 1.165) is 28.1 Å². The van der Waals surface area contributed by atoms with Gasteiger partial charge in [-0.3, -0.25) is 0 Å². The summed E-state index contributed by atoms with van der Waals surface area (Å²) < 4.78 is 0.973. The molecule has 2 rings (SSSR count). The van der Waals surface area contributed by atoms with Crippen molar-refractivity contribution in [1.29, 1.82) is 0 Å². The molecule has 100 valence electrons. The normalized spacial score (nSPS) is 16.3. The maximum absolute atomic E-state index is 6.21. The van der Waals surface area contributed by atoms with Gasteiger partial charge < -0.3 is 10.2 Å². The van der Waals surface area contributed by atoms with Crippen LogP contribution in [0.2, 0.25) is 5.02 Å². The average molecular weight is 332 g/mol. The molecule has 1 heterocycles. The second-order valence-corrected chi connectivity index (χ2v) is 6.02. The van der Waals surface area contributed by atoms with Crippen LogP contribution in [-0.4, -0.2) is 31.1 Å². The van der Waals surface area contributed by atoms with Crippen molar-refractivity contribution in [3.8, 4) is 0 Å². The van der Waals surface area contributed by atoms with Gasteiger partial charge in [-0.25, -0.2) is 0 Å². The first-order valence-electron chi connectivity index (χ1n) is 6.63. The van der Waals surface area contributed by atoms with E-state index in [0.29, 0.717) is 0 Å². The van der Waals surface area contributed by atoms with Crippen molar-refractivity contribution in [3.63, 3.8) is 0 Å². The Morgan fingerprint density at radius 3 is 2.83 bits per heavy atom. The van der Waals surface area contributed by atoms with Crippen molar-refractivity contribution < 1.29 is 0 Å². The largest absolute Gasteiger partial charge is 0.313 e. The summed E-state index contributed by atoms with van der Waals surface area (Å²) in [7, 11) is 0. The zero-order valence-electron chi connectivity index (χ0n) is 10.6. The standard InChI is InChI=1S/C14H20BrClN2/c15-13-6-3-5-12(14(13)16)11-17-7-4-10-18-8-1-2-9-18/h3,5-6,17H,1-2,4,7-11H2. The number of benzene rings is 1. The summed E-state index contributed by atoms with van der Waals surface area (Å²) in [6, 6.07) is 6.07. The summed E-state index contributed by atoms with van der Waals surface area (Å²) in [5.74, 6) is 0. The maximum atomic E-state index is 6.21. The summed E-state index contributed by atoms with van der Waals surface area (Å²) in [4.78, 5) is 2.55. The Balaban J connectivity index is 1.64. The third-order valence-corrected chi connectivity index (χ3v) is 4.71. The molecule has 0 atom stereocenters. The molecule has 0 amide bonds. The van der Waals surface area contributed by atoms with Crippen LogP contribution in [0.4, 0.5) is 0 Å². The minimum absolute atomic E-state index is 0.824. The Kier molecular flexibility index (Phi) is 5.96. The fraction of sp³-hybridized carbons (Fsp3) is 0.571. The van der Waals surface area contributed by atoms with Crippen molar-refractivity contribution in [2.24, 2.45) is 0 Å². The van der Waals surface area contributed by atoms with Crippen LogP contribution in [0.15, 0.2) is 22.7 Å². The van der Waals surface area contributed by atoms with Gasteiger partial charge in [-0.05, 0) is 73.0 Å². The van der Waals surface area contributed by atoms with Crippen LogP contribution in [0.25, 0.3) is 0 Å². The van der Waals surface area contributed by atoms with Crippen LogP contribution in [0.5, 0.6) is 0 Å². The first-order chi connectivity index (χ1) is 8.77. The van der Waals surface area contributed by atoms with E-state index in [-0.39, 0.29) is 0 Å². The van der Waals surface area contributed by atoms with E-state index in [1.165, 1.54) is 38.9 Å². The van der Waals surface area contributed by atoms with E-state index in [4.69, 9.17) is 11.6 Å². The van der Waals surface area contributed by atoms with Gasteiger partial charge in [0.25, 0.3) is 0 Å². The molecule has 0 spiro atoms. The number of nitrogens with zero attached hydrogens (tertiary/aromatic N) is 1. The molecule has 0 bridgehead atoms. The van der Waals surface area contributed by atoms with Crippen LogP contribution < -0.4 is 5.32 Å². The lowest BCUT2D eigenvalue weighted by molar-refractivity contribution is 0.331. The highest BCUT2D eigenvalue weighted by Crippen LogP contribution is 2.25. The Morgan fingerprint density at radius 2 is 2.06 bits per heavy atom. The Labute approximate surface area is 123 Å². The van der Waals surface area contributed by atoms with Gasteiger partial charge in [0, 0.05) is 11.0 Å². The molecule has 0 unspecified atom stereocenters. The van der Waals surface area contributed by atoms with Crippen molar-refractivity contribution >= 4 is 27.5 Å². The van der Waals surface area contributed by atoms with Crippen molar-refractivity contribution in [2.75, 3.05) is 26.2 Å². The minimum Gasteiger partial charge on any atom is -0.313 e. The smallest absolute Gasteiger partial charge is 0.0592 e. The summed E-state index contributed by atoms with van der Waals surface area (Å²) in [6.07, 6.45) is 3.97. The Hall–Kier alpha value is -0.0900. The number of hydrogen-bond donors (Lipinski definition) is 1. The van der Waals surface area contributed by atoms with E-state index in [1.54, 1.807) is 0 Å². The molecule has 1 saturated heterocycles. The number of nitrogens with one attached hydrogen (secondary N) is 1. The zero-order chi connectivity index (χ0) is 12.8. The van der Waals surface area contributed by atoms with Gasteiger partial charge in [0.2, 0.25) is 0 Å². The molecule has 0 aromatic heterocycles. The summed E-state index contributed by atoms with van der Waals surface area (Å²) >= 11 is 9.66. The first kappa shape index (κ1) is 14.3. The van der Waals surface area contributed by atoms with E-state index in [2.05, 4.69) is 32.2 Å². The monoisotopic (exact) mass is 330 g/mol. The van der Waals surface area contributed by atoms with Crippen LogP contribution >= 0.6 is 27.5 Å². The van der Waals surface area contributed by atoms with Gasteiger partial charge in [-0.1, -0.05) is 23.7 Å². The predicted molar refractivity (Wildman–Crippen MR) is 81.1 cm³/mol. The van der Waals surface area contributed by atoms with Gasteiger partial charge in [0.1, 0.15) is 0 Å². The highest BCUT2D eigenvalue weighted by Gasteiger charge is 2.10. The zero-order valence-corrected chi connectivity index (χ0v) is 12.9. The Bertz CT molecular complexity index is 378. The molecule has 0 radical (unpaired) electrons. The molecule has 2 nitrogen and oxygen atoms in total. The average Bonchev–Trinajstić information content (AvgIpc) is 2.87. The molecular formula is C14H20BrClN2. The lowest BCUT2D eigenvalue weighted by Crippen LogP contribution is -2.24. The molecule has 4 heteroatoms. The van der Waals surface area contributed by atoms with E-state index in [1.807, 2.05) is 12.1 Å². The molecule has 0 saturated carbocycles. The first-order valence-corrected chi connectivity index (χ1v) is 7.80. The van der Waals surface area contributed by atoms with Crippen LogP contribution in [0, 0.1) is 0 Å². The van der Waals surface area contributed by atoms with Crippen LogP contribution in [0.3, 0.4) is 0 Å². The molecular weight excluding hydrogens is 312 g/mol. The molecule has 1 aromatic carbocycles. The van der Waals surface area contributed by atoms with Crippen molar-refractivity contribution in [3.05, 3.63) is 33.3 Å². The second-order valence-electron chi connectivity index (χ2n) is 4.79. The van der Waals surface area contributed by atoms with Gasteiger partial charge in [0.15, 0.2) is 0 Å². The molecule has 1 aromatic rings. The highest BCUT2D eigenvalue weighted by molar-refractivity contribution is 9.10. The number of hydrogen-bond acceptors (Lipinski definition) is 2. The fourth-order valence-corrected chi connectivity index (χ4v) is 2.94. The topological polar surface area (TPSA) is 15.3 Å². The minimum atomic E-state index is 0.824. The van der Waals surface area contributed by atoms with Crippen LogP contribution in [-0.2, 0) is 6.54 Å². The summed E-state index contributed by atoms with van der Waals surface area (Å²) in [5.41, 5.74) is 1.16. The summed E-state index contributed by atoms with van der Waals surface area (Å²) in [5, 5.41) is 4.29. The van der Waals surface area contributed by atoms with E-state index >= 15 is 0 Å². The van der Waals surface area contributed by atoms with Gasteiger partial charge >= 0.3 is 0 Å². The third kappa shape index (κ3) is 4.23. The molecule has 18 heavy (non-hydrogen) atoms. The van der Waals surface area contributed by atoms with Crippen molar-refractivity contribution in [2.45, 2.75) is 25.8 Å². The highest BCUT2D eigenvalue weighted by atomic mass is 79.9. The fourth-order valence-electron chi connectivity index (χ4n) is 2.34. The quantitative estimate of drug-likeness (QED) is 0.800. The Morgan fingerprint density at radius 1 is 1.28 bits per heavy atom. The maximum Gasteiger partial charge on any atom is 0.0592 e. The van der Waals surface area contributed by atoms with E-state index in [9.17, 15) is 0 Å². The number of rotatable bonds is 6. The molecule has 1 aliphatic heterocycles. The number of halogens is 2. The predicted octanol–water partition coefficient (Wildman–Crippen LogP) is 3.68. The van der Waals surface area contributed by atoms with Gasteiger partial charge in [0.05, 0.1) is 5.02 Å². The SMILES string of the molecule is Clc1c(Br)cccc1CNCCCN1CCCC1. The molecule has 1 fully saturated rings. The third-order valence-electron chi connectivity index (χ3n) is 3.37. The number of likely N-dealkylation sites (tertiary alicyclic amines) is 1. The molecule has 1 aliphatic rings. The second kappa shape index (κ2) is 7.49. The summed E-state index contributed by atoms with van der Waals surface area (Å²) in [6.45, 7) is 5.70. The molecule has 1 N–H and O–H groups in total. The van der Waals surface area contributed by atoms with Gasteiger partial charge in [-0.2, -0.15) is 0 Å². The lowest BCUT2D eigenvalue weighted by Gasteiger charge is -2.14. The van der Waals surface area contributed by atoms with Crippen molar-refractivity contribution in [1.82, 2.24) is 10.2 Å². The van der Waals surface area contributed by atoms with Gasteiger partial charge in [-0.15, -0.1) is 0 Å². The molecule has 0 aliphatic carbocycles. The van der Waals surface area contributed by atoms with Crippen LogP contribution in [0.1, 0.15) is 24.8 Å². The lowest BCUT2D eigenvalue weighted by atomic mass is 10.2.